The van der Waals surface area contributed by atoms with Gasteiger partial charge in [-0.05, 0) is 21.8 Å². The second kappa shape index (κ2) is 8.48. The van der Waals surface area contributed by atoms with E-state index in [-0.39, 0.29) is 11.6 Å². The van der Waals surface area contributed by atoms with Crippen LogP contribution in [0.1, 0.15) is 27.2 Å². The molecule has 2 aromatic carbocycles. The highest BCUT2D eigenvalue weighted by Crippen LogP contribution is 2.40. The monoisotopic (exact) mass is 438 g/mol. The van der Waals surface area contributed by atoms with Gasteiger partial charge in [-0.3, -0.25) is 4.85 Å². The molecule has 2 atom stereocenters. The molecule has 0 N–H and O–H groups in total. The van der Waals surface area contributed by atoms with E-state index in [4.69, 9.17) is 15.7 Å². The van der Waals surface area contributed by atoms with Crippen LogP contribution in [0, 0.1) is 6.57 Å². The molecule has 0 aliphatic carbocycles. The van der Waals surface area contributed by atoms with Gasteiger partial charge in [0.05, 0.1) is 6.10 Å². The van der Waals surface area contributed by atoms with Crippen molar-refractivity contribution in [1.82, 2.24) is 4.90 Å². The first-order valence-electron chi connectivity index (χ1n) is 11.0. The molecule has 0 bridgehead atoms. The minimum Gasteiger partial charge on any atom is -0.401 e. The summed E-state index contributed by atoms with van der Waals surface area (Å²) in [5, 5.41) is 2.13. The van der Waals surface area contributed by atoms with Crippen molar-refractivity contribution in [3.63, 3.8) is 0 Å². The maximum absolute atomic E-state index is 15.6. The van der Waals surface area contributed by atoms with Gasteiger partial charge in [0.25, 0.3) is 8.32 Å². The van der Waals surface area contributed by atoms with E-state index in [1.165, 1.54) is 0 Å². The maximum Gasteiger partial charge on any atom is 0.334 e. The molecule has 2 aliphatic rings. The normalized spacial score (nSPS) is 24.2. The quantitative estimate of drug-likeness (QED) is 0.527. The molecule has 2 saturated heterocycles. The molecule has 31 heavy (non-hydrogen) atoms. The van der Waals surface area contributed by atoms with E-state index in [2.05, 4.69) is 49.9 Å². The highest BCUT2D eigenvalue weighted by atomic mass is 28.4. The fourth-order valence-corrected chi connectivity index (χ4v) is 9.65. The standard InChI is InChI=1S/C25H31FN2O2Si/c1-24(2,3)31(20-11-7-5-8-12-20,21-13-9-6-10-14-21)30-23-15-16-28(17-22(23)26)25(27-4)18-29-19-25/h5-14,22-23H,15-19H2,1-3H3/t22-,23+/m1/s1. The summed E-state index contributed by atoms with van der Waals surface area (Å²) in [5.74, 6) is 0. The zero-order valence-corrected chi connectivity index (χ0v) is 19.6. The van der Waals surface area contributed by atoms with Crippen LogP contribution in [0.3, 0.4) is 0 Å². The fraction of sp³-hybridized carbons (Fsp3) is 0.480. The van der Waals surface area contributed by atoms with Gasteiger partial charge in [0.2, 0.25) is 0 Å². The molecular weight excluding hydrogens is 407 g/mol. The van der Waals surface area contributed by atoms with E-state index >= 15 is 4.39 Å². The lowest BCUT2D eigenvalue weighted by molar-refractivity contribution is -0.136. The molecule has 2 heterocycles. The van der Waals surface area contributed by atoms with E-state index in [0.29, 0.717) is 26.2 Å². The van der Waals surface area contributed by atoms with E-state index < -0.39 is 26.3 Å². The Hall–Kier alpha value is -2.04. The Morgan fingerprint density at radius 3 is 2.00 bits per heavy atom. The molecule has 0 unspecified atom stereocenters. The zero-order valence-electron chi connectivity index (χ0n) is 18.6. The van der Waals surface area contributed by atoms with Gasteiger partial charge in [0.15, 0.2) is 0 Å². The smallest absolute Gasteiger partial charge is 0.334 e. The van der Waals surface area contributed by atoms with Gasteiger partial charge < -0.3 is 9.16 Å². The summed E-state index contributed by atoms with van der Waals surface area (Å²) in [6, 6.07) is 20.7. The molecule has 0 aromatic heterocycles. The van der Waals surface area contributed by atoms with Crippen molar-refractivity contribution in [2.75, 3.05) is 26.3 Å². The number of nitrogens with zero attached hydrogens (tertiary/aromatic N) is 2. The van der Waals surface area contributed by atoms with Crippen molar-refractivity contribution in [2.45, 2.75) is 50.2 Å². The SMILES string of the molecule is [C-]#[N+]C1(N2CC[C@H](O[Si](c3ccccc3)(c3ccccc3)C(C)(C)C)[C@H](F)C2)COC1. The lowest BCUT2D eigenvalue weighted by Gasteiger charge is -2.48. The second-order valence-electron chi connectivity index (χ2n) is 9.66. The van der Waals surface area contributed by atoms with Crippen LogP contribution in [0.5, 0.6) is 0 Å². The first-order chi connectivity index (χ1) is 14.8. The molecule has 0 amide bonds. The molecule has 6 heteroatoms. The van der Waals surface area contributed by atoms with Gasteiger partial charge in [-0.25, -0.2) is 15.9 Å². The molecule has 2 fully saturated rings. The summed E-state index contributed by atoms with van der Waals surface area (Å²) < 4.78 is 27.9. The van der Waals surface area contributed by atoms with Crippen LogP contribution in [-0.4, -0.2) is 57.5 Å². The van der Waals surface area contributed by atoms with E-state index in [9.17, 15) is 0 Å². The Morgan fingerprint density at radius 1 is 1.06 bits per heavy atom. The Morgan fingerprint density at radius 2 is 1.61 bits per heavy atom. The van der Waals surface area contributed by atoms with Gasteiger partial charge in [-0.15, -0.1) is 0 Å². The summed E-state index contributed by atoms with van der Waals surface area (Å²) in [6.07, 6.45) is -1.07. The number of halogens is 1. The lowest BCUT2D eigenvalue weighted by Crippen LogP contribution is -2.70. The maximum atomic E-state index is 15.6. The van der Waals surface area contributed by atoms with Crippen molar-refractivity contribution in [3.8, 4) is 0 Å². The topological polar surface area (TPSA) is 26.1 Å². The first kappa shape index (κ1) is 22.2. The number of likely N-dealkylation sites (tertiary alicyclic amines) is 1. The Labute approximate surface area is 185 Å². The molecule has 0 radical (unpaired) electrons. The van der Waals surface area contributed by atoms with Crippen molar-refractivity contribution < 1.29 is 13.6 Å². The average Bonchev–Trinajstić information content (AvgIpc) is 2.73. The van der Waals surface area contributed by atoms with Gasteiger partial charge in [0, 0.05) is 13.1 Å². The number of hydrogen-bond acceptors (Lipinski definition) is 3. The predicted molar refractivity (Wildman–Crippen MR) is 124 cm³/mol. The molecule has 4 nitrogen and oxygen atoms in total. The minimum atomic E-state index is -2.79. The number of alkyl halides is 1. The third kappa shape index (κ3) is 3.85. The largest absolute Gasteiger partial charge is 0.401 e. The zero-order chi connectivity index (χ0) is 22.1. The van der Waals surface area contributed by atoms with Crippen LogP contribution in [0.15, 0.2) is 60.7 Å². The van der Waals surface area contributed by atoms with Crippen LogP contribution in [0.2, 0.25) is 5.04 Å². The van der Waals surface area contributed by atoms with Gasteiger partial charge in [0.1, 0.15) is 19.4 Å². The number of ether oxygens (including phenoxy) is 1. The van der Waals surface area contributed by atoms with Crippen LogP contribution < -0.4 is 10.4 Å². The van der Waals surface area contributed by atoms with Crippen molar-refractivity contribution in [1.29, 1.82) is 0 Å². The predicted octanol–water partition coefficient (Wildman–Crippen LogP) is 3.62. The summed E-state index contributed by atoms with van der Waals surface area (Å²) in [5.41, 5.74) is -0.688. The second-order valence-corrected chi connectivity index (χ2v) is 13.9. The summed E-state index contributed by atoms with van der Waals surface area (Å²) in [6.45, 7) is 15.8. The van der Waals surface area contributed by atoms with Gasteiger partial charge in [-0.1, -0.05) is 81.4 Å². The van der Waals surface area contributed by atoms with E-state index in [1.807, 2.05) is 41.3 Å². The van der Waals surface area contributed by atoms with Crippen LogP contribution in [0.4, 0.5) is 4.39 Å². The van der Waals surface area contributed by atoms with Gasteiger partial charge >= 0.3 is 5.66 Å². The molecular formula is C25H31FN2O2Si. The van der Waals surface area contributed by atoms with Crippen molar-refractivity contribution in [2.24, 2.45) is 0 Å². The third-order valence-corrected chi connectivity index (χ3v) is 11.8. The van der Waals surface area contributed by atoms with Gasteiger partial charge in [-0.2, -0.15) is 0 Å². The molecule has 4 rings (SSSR count). The molecule has 2 aromatic rings. The molecule has 0 spiro atoms. The van der Waals surface area contributed by atoms with Crippen LogP contribution >= 0.6 is 0 Å². The van der Waals surface area contributed by atoms with E-state index in [1.54, 1.807) is 0 Å². The third-order valence-electron chi connectivity index (χ3n) is 6.69. The average molecular weight is 439 g/mol. The number of benzene rings is 2. The molecule has 0 saturated carbocycles. The first-order valence-corrected chi connectivity index (χ1v) is 12.9. The van der Waals surface area contributed by atoms with E-state index in [0.717, 1.165) is 10.4 Å². The molecule has 164 valence electrons. The number of rotatable bonds is 5. The highest BCUT2D eigenvalue weighted by Gasteiger charge is 2.56. The summed E-state index contributed by atoms with van der Waals surface area (Å²) >= 11 is 0. The minimum absolute atomic E-state index is 0.188. The Balaban J connectivity index is 1.68. The van der Waals surface area contributed by atoms with Crippen LogP contribution in [0.25, 0.3) is 4.85 Å². The fourth-order valence-electron chi connectivity index (χ4n) is 4.91. The number of hydrogen-bond donors (Lipinski definition) is 0. The van der Waals surface area contributed by atoms with Crippen molar-refractivity contribution >= 4 is 18.7 Å². The van der Waals surface area contributed by atoms with Crippen molar-refractivity contribution in [3.05, 3.63) is 72.1 Å². The summed E-state index contributed by atoms with van der Waals surface area (Å²) in [4.78, 5) is 5.73. The lowest BCUT2D eigenvalue weighted by atomic mass is 9.99. The summed E-state index contributed by atoms with van der Waals surface area (Å²) in [7, 11) is -2.79. The van der Waals surface area contributed by atoms with Crippen LogP contribution in [-0.2, 0) is 9.16 Å². The highest BCUT2D eigenvalue weighted by molar-refractivity contribution is 6.99. The number of piperidine rings is 1. The Kier molecular flexibility index (Phi) is 6.06. The molecule has 2 aliphatic heterocycles. The Bertz CT molecular complexity index is 883.